The van der Waals surface area contributed by atoms with Gasteiger partial charge in [0, 0.05) is 19.7 Å². The van der Waals surface area contributed by atoms with Crippen LogP contribution in [0.25, 0.3) is 0 Å². The Morgan fingerprint density at radius 2 is 1.85 bits per heavy atom. The molecule has 1 aromatic carbocycles. The Kier molecular flexibility index (Phi) is 5.68. The van der Waals surface area contributed by atoms with Gasteiger partial charge in [0.15, 0.2) is 0 Å². The molecule has 0 unspecified atom stereocenters. The van der Waals surface area contributed by atoms with Crippen LogP contribution in [0.15, 0.2) is 46.0 Å². The molecule has 1 aromatic heterocycles. The van der Waals surface area contributed by atoms with Gasteiger partial charge in [0.2, 0.25) is 0 Å². The van der Waals surface area contributed by atoms with E-state index in [1.165, 1.54) is 13.5 Å². The van der Waals surface area contributed by atoms with Crippen molar-refractivity contribution in [2.45, 2.75) is 25.3 Å². The number of nitrogens with one attached hydrogen (secondary N) is 2. The number of nitrogens with zero attached hydrogens (tertiary/aromatic N) is 2. The number of hydrogen-bond donors (Lipinski definition) is 2. The van der Waals surface area contributed by atoms with E-state index in [1.807, 2.05) is 18.2 Å². The highest BCUT2D eigenvalue weighted by atomic mass is 16.2. The molecule has 2 aromatic rings. The third kappa shape index (κ3) is 4.11. The molecule has 7 heteroatoms. The molecular weight excluding hydrogens is 332 g/mol. The summed E-state index contributed by atoms with van der Waals surface area (Å²) in [6.07, 6.45) is 3.54. The minimum Gasteiger partial charge on any atom is -0.349 e. The largest absolute Gasteiger partial charge is 0.349 e. The number of carbonyl (C=O) groups is 1. The second-order valence-corrected chi connectivity index (χ2v) is 6.62. The van der Waals surface area contributed by atoms with Gasteiger partial charge in [0.1, 0.15) is 5.69 Å². The minimum absolute atomic E-state index is 0.0106. The van der Waals surface area contributed by atoms with Crippen LogP contribution in [-0.4, -0.2) is 40.0 Å². The Labute approximate surface area is 151 Å². The number of H-pyrrole nitrogens is 1. The summed E-state index contributed by atoms with van der Waals surface area (Å²) in [5, 5.41) is 2.87. The van der Waals surface area contributed by atoms with Gasteiger partial charge in [0.05, 0.1) is 6.04 Å². The number of hydrogen-bond acceptors (Lipinski definition) is 4. The van der Waals surface area contributed by atoms with Gasteiger partial charge in [-0.3, -0.25) is 19.1 Å². The van der Waals surface area contributed by atoms with Gasteiger partial charge in [-0.15, -0.1) is 0 Å². The number of rotatable bonds is 5. The molecule has 0 radical (unpaired) electrons. The van der Waals surface area contributed by atoms with E-state index < -0.39 is 17.2 Å². The van der Waals surface area contributed by atoms with Crippen LogP contribution >= 0.6 is 0 Å². The van der Waals surface area contributed by atoms with Crippen LogP contribution in [0.5, 0.6) is 0 Å². The lowest BCUT2D eigenvalue weighted by Crippen LogP contribution is -2.42. The average molecular weight is 356 g/mol. The highest BCUT2D eigenvalue weighted by Gasteiger charge is 2.23. The van der Waals surface area contributed by atoms with Crippen LogP contribution in [0.3, 0.4) is 0 Å². The molecule has 1 atom stereocenters. The molecule has 2 N–H and O–H groups in total. The average Bonchev–Trinajstić information content (AvgIpc) is 2.67. The fraction of sp³-hybridized carbons (Fsp3) is 0.421. The standard InChI is InChI=1S/C19H24N4O3/c1-22-17(24)12-15(21-19(22)26)18(25)20-13-16(14-8-4-2-5-9-14)23-10-6-3-7-11-23/h2,4-5,8-9,12,16H,3,6-7,10-11,13H2,1H3,(H,20,25)(H,21,26)/t16-/m1/s1. The lowest BCUT2D eigenvalue weighted by Gasteiger charge is -2.35. The summed E-state index contributed by atoms with van der Waals surface area (Å²) in [6.45, 7) is 2.41. The van der Waals surface area contributed by atoms with E-state index in [2.05, 4.69) is 27.3 Å². The molecule has 1 saturated heterocycles. The zero-order chi connectivity index (χ0) is 18.5. The Balaban J connectivity index is 1.76. The molecule has 7 nitrogen and oxygen atoms in total. The second-order valence-electron chi connectivity index (χ2n) is 6.62. The maximum Gasteiger partial charge on any atom is 0.328 e. The Morgan fingerprint density at radius 1 is 1.15 bits per heavy atom. The molecule has 0 saturated carbocycles. The van der Waals surface area contributed by atoms with E-state index in [0.717, 1.165) is 42.1 Å². The lowest BCUT2D eigenvalue weighted by atomic mass is 10.0. The van der Waals surface area contributed by atoms with Gasteiger partial charge in [-0.1, -0.05) is 36.8 Å². The van der Waals surface area contributed by atoms with Crippen molar-refractivity contribution < 1.29 is 4.79 Å². The van der Waals surface area contributed by atoms with Gasteiger partial charge in [-0.05, 0) is 31.5 Å². The first kappa shape index (κ1) is 18.1. The number of benzene rings is 1. The van der Waals surface area contributed by atoms with Crippen LogP contribution < -0.4 is 16.6 Å². The Bertz CT molecular complexity index is 835. The van der Waals surface area contributed by atoms with Crippen molar-refractivity contribution in [2.24, 2.45) is 7.05 Å². The van der Waals surface area contributed by atoms with Crippen LogP contribution in [0.1, 0.15) is 41.4 Å². The van der Waals surface area contributed by atoms with E-state index in [0.29, 0.717) is 6.54 Å². The number of amides is 1. The monoisotopic (exact) mass is 356 g/mol. The van der Waals surface area contributed by atoms with E-state index in [4.69, 9.17) is 0 Å². The SMILES string of the molecule is Cn1c(=O)cc(C(=O)NC[C@H](c2ccccc2)N2CCCCC2)[nH]c1=O. The van der Waals surface area contributed by atoms with Crippen molar-refractivity contribution in [1.82, 2.24) is 19.8 Å². The molecule has 0 bridgehead atoms. The van der Waals surface area contributed by atoms with Crippen molar-refractivity contribution in [1.29, 1.82) is 0 Å². The van der Waals surface area contributed by atoms with Gasteiger partial charge in [-0.25, -0.2) is 4.79 Å². The molecule has 1 aliphatic rings. The topological polar surface area (TPSA) is 87.2 Å². The maximum atomic E-state index is 12.4. The van der Waals surface area contributed by atoms with Crippen molar-refractivity contribution in [3.05, 3.63) is 68.5 Å². The van der Waals surface area contributed by atoms with Crippen LogP contribution in [0.2, 0.25) is 0 Å². The predicted molar refractivity (Wildman–Crippen MR) is 99.2 cm³/mol. The zero-order valence-electron chi connectivity index (χ0n) is 14.9. The normalized spacial score (nSPS) is 16.2. The molecule has 26 heavy (non-hydrogen) atoms. The molecule has 2 heterocycles. The summed E-state index contributed by atoms with van der Waals surface area (Å²) in [6, 6.07) is 11.3. The van der Waals surface area contributed by atoms with Crippen molar-refractivity contribution in [3.63, 3.8) is 0 Å². The maximum absolute atomic E-state index is 12.4. The summed E-state index contributed by atoms with van der Waals surface area (Å²) in [4.78, 5) is 40.7. The molecule has 1 amide bonds. The second kappa shape index (κ2) is 8.14. The number of likely N-dealkylation sites (tertiary alicyclic amines) is 1. The first-order valence-electron chi connectivity index (χ1n) is 8.94. The molecule has 0 spiro atoms. The first-order chi connectivity index (χ1) is 12.6. The fourth-order valence-corrected chi connectivity index (χ4v) is 3.33. The number of piperidine rings is 1. The third-order valence-corrected chi connectivity index (χ3v) is 4.86. The number of aromatic amines is 1. The van der Waals surface area contributed by atoms with E-state index in [1.54, 1.807) is 0 Å². The van der Waals surface area contributed by atoms with Crippen LogP contribution in [0, 0.1) is 0 Å². The molecular formula is C19H24N4O3. The summed E-state index contributed by atoms with van der Waals surface area (Å²) >= 11 is 0. The molecule has 1 fully saturated rings. The van der Waals surface area contributed by atoms with Crippen LogP contribution in [0.4, 0.5) is 0 Å². The molecule has 138 valence electrons. The lowest BCUT2D eigenvalue weighted by molar-refractivity contribution is 0.0918. The molecule has 1 aliphatic heterocycles. The Morgan fingerprint density at radius 3 is 2.50 bits per heavy atom. The summed E-state index contributed by atoms with van der Waals surface area (Å²) in [5.74, 6) is -0.447. The van der Waals surface area contributed by atoms with Crippen molar-refractivity contribution in [3.8, 4) is 0 Å². The number of aromatic nitrogens is 2. The minimum atomic E-state index is -0.599. The van der Waals surface area contributed by atoms with Gasteiger partial charge in [-0.2, -0.15) is 0 Å². The first-order valence-corrected chi connectivity index (χ1v) is 8.94. The van der Waals surface area contributed by atoms with Gasteiger partial charge >= 0.3 is 5.69 Å². The summed E-state index contributed by atoms with van der Waals surface area (Å²) < 4.78 is 0.928. The highest BCUT2D eigenvalue weighted by molar-refractivity contribution is 5.92. The quantitative estimate of drug-likeness (QED) is 0.838. The third-order valence-electron chi connectivity index (χ3n) is 4.86. The van der Waals surface area contributed by atoms with Crippen LogP contribution in [-0.2, 0) is 7.05 Å². The van der Waals surface area contributed by atoms with E-state index in [-0.39, 0.29) is 11.7 Å². The predicted octanol–water partition coefficient (Wildman–Crippen LogP) is 1.03. The van der Waals surface area contributed by atoms with Crippen molar-refractivity contribution in [2.75, 3.05) is 19.6 Å². The Hall–Kier alpha value is -2.67. The van der Waals surface area contributed by atoms with Crippen molar-refractivity contribution >= 4 is 5.91 Å². The smallest absolute Gasteiger partial charge is 0.328 e. The van der Waals surface area contributed by atoms with Gasteiger partial charge < -0.3 is 10.3 Å². The highest BCUT2D eigenvalue weighted by Crippen LogP contribution is 2.24. The molecule has 3 rings (SSSR count). The fourth-order valence-electron chi connectivity index (χ4n) is 3.33. The molecule has 0 aliphatic carbocycles. The summed E-state index contributed by atoms with van der Waals surface area (Å²) in [5.41, 5.74) is 0.0311. The van der Waals surface area contributed by atoms with E-state index in [9.17, 15) is 14.4 Å². The number of carbonyl (C=O) groups excluding carboxylic acids is 1. The van der Waals surface area contributed by atoms with E-state index >= 15 is 0 Å². The summed E-state index contributed by atoms with van der Waals surface area (Å²) in [7, 11) is 1.37. The zero-order valence-corrected chi connectivity index (χ0v) is 14.9. The van der Waals surface area contributed by atoms with Gasteiger partial charge in [0.25, 0.3) is 11.5 Å².